The van der Waals surface area contributed by atoms with E-state index in [-0.39, 0.29) is 4.90 Å². The largest absolute Gasteiger partial charge is 0.266 e. The molecule has 3 nitrogen and oxygen atoms in total. The van der Waals surface area contributed by atoms with E-state index in [0.717, 1.165) is 5.56 Å². The molecule has 0 heterocycles. The van der Waals surface area contributed by atoms with Crippen molar-refractivity contribution >= 4 is 27.3 Å². The molecule has 0 spiro atoms. The number of nitrogens with zero attached hydrogens (tertiary/aromatic N) is 1. The summed E-state index contributed by atoms with van der Waals surface area (Å²) in [5, 5.41) is 0.559. The Hall–Kier alpha value is -1.52. The average molecular weight is 310 g/mol. The molecule has 0 aliphatic carbocycles. The van der Waals surface area contributed by atoms with Gasteiger partial charge in [-0.25, -0.2) is 8.42 Å². The molecule has 0 aromatic heterocycles. The van der Waals surface area contributed by atoms with E-state index in [2.05, 4.69) is 0 Å². The first-order chi connectivity index (χ1) is 9.48. The highest BCUT2D eigenvalue weighted by Crippen LogP contribution is 2.30. The summed E-state index contributed by atoms with van der Waals surface area (Å²) in [6, 6.07) is 13.7. The van der Waals surface area contributed by atoms with Gasteiger partial charge in [0.1, 0.15) is 0 Å². The van der Waals surface area contributed by atoms with Crippen molar-refractivity contribution in [1.29, 1.82) is 0 Å². The summed E-state index contributed by atoms with van der Waals surface area (Å²) in [5.41, 5.74) is 1.37. The number of rotatable bonds is 4. The minimum atomic E-state index is -3.57. The predicted octanol–water partition coefficient (Wildman–Crippen LogP) is 3.86. The van der Waals surface area contributed by atoms with Gasteiger partial charge >= 0.3 is 0 Å². The quantitative estimate of drug-likeness (QED) is 0.860. The topological polar surface area (TPSA) is 37.4 Å². The third-order valence-corrected chi connectivity index (χ3v) is 5.44. The van der Waals surface area contributed by atoms with Gasteiger partial charge in [0.05, 0.1) is 10.6 Å². The maximum atomic E-state index is 12.7. The Balaban J connectivity index is 2.56. The second kappa shape index (κ2) is 5.85. The SMILES string of the molecule is CCN(c1cccc(Cl)c1C)S(=O)(=O)c1ccccc1. The Bertz CT molecular complexity index is 699. The van der Waals surface area contributed by atoms with Crippen LogP contribution in [0.25, 0.3) is 0 Å². The van der Waals surface area contributed by atoms with Gasteiger partial charge in [-0.05, 0) is 43.7 Å². The standard InChI is InChI=1S/C15H16ClNO2S/c1-3-17(15-11-7-10-14(16)12(15)2)20(18,19)13-8-5-4-6-9-13/h4-11H,3H2,1-2H3. The highest BCUT2D eigenvalue weighted by atomic mass is 35.5. The van der Waals surface area contributed by atoms with Crippen molar-refractivity contribution in [2.45, 2.75) is 18.7 Å². The summed E-state index contributed by atoms with van der Waals surface area (Å²) in [7, 11) is -3.57. The Morgan fingerprint density at radius 2 is 1.70 bits per heavy atom. The van der Waals surface area contributed by atoms with Crippen molar-refractivity contribution in [3.8, 4) is 0 Å². The maximum Gasteiger partial charge on any atom is 0.264 e. The number of anilines is 1. The van der Waals surface area contributed by atoms with Crippen LogP contribution in [0.3, 0.4) is 0 Å². The van der Waals surface area contributed by atoms with Crippen molar-refractivity contribution in [3.63, 3.8) is 0 Å². The molecule has 0 saturated heterocycles. The highest BCUT2D eigenvalue weighted by Gasteiger charge is 2.24. The van der Waals surface area contributed by atoms with Gasteiger partial charge in [0.2, 0.25) is 0 Å². The van der Waals surface area contributed by atoms with E-state index in [9.17, 15) is 8.42 Å². The lowest BCUT2D eigenvalue weighted by atomic mass is 10.2. The first-order valence-corrected chi connectivity index (χ1v) is 8.13. The molecule has 0 unspecified atom stereocenters. The zero-order valence-electron chi connectivity index (χ0n) is 11.4. The molecule has 0 saturated carbocycles. The maximum absolute atomic E-state index is 12.7. The van der Waals surface area contributed by atoms with Crippen LogP contribution < -0.4 is 4.31 Å². The lowest BCUT2D eigenvalue weighted by molar-refractivity contribution is 0.592. The Morgan fingerprint density at radius 3 is 2.30 bits per heavy atom. The van der Waals surface area contributed by atoms with Crippen LogP contribution in [-0.4, -0.2) is 15.0 Å². The number of hydrogen-bond acceptors (Lipinski definition) is 2. The van der Waals surface area contributed by atoms with Gasteiger partial charge in [0.25, 0.3) is 10.0 Å². The molecule has 0 atom stereocenters. The van der Waals surface area contributed by atoms with Crippen molar-refractivity contribution in [2.24, 2.45) is 0 Å². The predicted molar refractivity (Wildman–Crippen MR) is 82.8 cm³/mol. The van der Waals surface area contributed by atoms with Crippen molar-refractivity contribution in [3.05, 3.63) is 59.1 Å². The van der Waals surface area contributed by atoms with Crippen molar-refractivity contribution in [2.75, 3.05) is 10.8 Å². The Kier molecular flexibility index (Phi) is 4.35. The van der Waals surface area contributed by atoms with Gasteiger partial charge in [-0.1, -0.05) is 35.9 Å². The molecular weight excluding hydrogens is 294 g/mol. The van der Waals surface area contributed by atoms with E-state index in [1.54, 1.807) is 55.5 Å². The van der Waals surface area contributed by atoms with Crippen LogP contribution in [0.15, 0.2) is 53.4 Å². The van der Waals surface area contributed by atoms with Crippen LogP contribution in [0.2, 0.25) is 5.02 Å². The summed E-state index contributed by atoms with van der Waals surface area (Å²) in [5.74, 6) is 0. The minimum Gasteiger partial charge on any atom is -0.266 e. The molecule has 0 N–H and O–H groups in total. The number of sulfonamides is 1. The summed E-state index contributed by atoms with van der Waals surface area (Å²) in [4.78, 5) is 0.279. The first-order valence-electron chi connectivity index (χ1n) is 6.31. The second-order valence-corrected chi connectivity index (χ2v) is 6.64. The van der Waals surface area contributed by atoms with Crippen LogP contribution in [0.4, 0.5) is 5.69 Å². The van der Waals surface area contributed by atoms with Gasteiger partial charge < -0.3 is 0 Å². The molecule has 0 radical (unpaired) electrons. The van der Waals surface area contributed by atoms with Crippen molar-refractivity contribution in [1.82, 2.24) is 0 Å². The minimum absolute atomic E-state index is 0.279. The number of halogens is 1. The fraction of sp³-hybridized carbons (Fsp3) is 0.200. The third-order valence-electron chi connectivity index (χ3n) is 3.13. The zero-order valence-corrected chi connectivity index (χ0v) is 12.9. The number of benzene rings is 2. The van der Waals surface area contributed by atoms with E-state index in [4.69, 9.17) is 11.6 Å². The lowest BCUT2D eigenvalue weighted by Crippen LogP contribution is -2.31. The van der Waals surface area contributed by atoms with Gasteiger partial charge in [0.15, 0.2) is 0 Å². The molecule has 0 amide bonds. The first kappa shape index (κ1) is 14.9. The molecule has 0 fully saturated rings. The Labute approximate surface area is 124 Å². The van der Waals surface area contributed by atoms with Crippen LogP contribution in [0, 0.1) is 6.92 Å². The van der Waals surface area contributed by atoms with Gasteiger partial charge in [-0.15, -0.1) is 0 Å². The molecular formula is C15H16ClNO2S. The summed E-state index contributed by atoms with van der Waals surface area (Å²) < 4.78 is 26.8. The molecule has 20 heavy (non-hydrogen) atoms. The lowest BCUT2D eigenvalue weighted by Gasteiger charge is -2.25. The molecule has 2 aromatic carbocycles. The summed E-state index contributed by atoms with van der Waals surface area (Å²) in [6.45, 7) is 3.97. The fourth-order valence-corrected chi connectivity index (χ4v) is 3.78. The van der Waals surface area contributed by atoms with E-state index < -0.39 is 10.0 Å². The van der Waals surface area contributed by atoms with Crippen LogP contribution >= 0.6 is 11.6 Å². The highest BCUT2D eigenvalue weighted by molar-refractivity contribution is 7.92. The van der Waals surface area contributed by atoms with Crippen LogP contribution in [0.5, 0.6) is 0 Å². The molecule has 0 aliphatic heterocycles. The van der Waals surface area contributed by atoms with E-state index in [1.165, 1.54) is 4.31 Å². The monoisotopic (exact) mass is 309 g/mol. The average Bonchev–Trinajstić information content (AvgIpc) is 2.45. The Morgan fingerprint density at radius 1 is 1.05 bits per heavy atom. The number of hydrogen-bond donors (Lipinski definition) is 0. The molecule has 5 heteroatoms. The van der Waals surface area contributed by atoms with Gasteiger partial charge in [0, 0.05) is 11.6 Å². The van der Waals surface area contributed by atoms with E-state index in [0.29, 0.717) is 17.3 Å². The van der Waals surface area contributed by atoms with Crippen molar-refractivity contribution < 1.29 is 8.42 Å². The summed E-state index contributed by atoms with van der Waals surface area (Å²) >= 11 is 6.09. The third kappa shape index (κ3) is 2.67. The van der Waals surface area contributed by atoms with Crippen LogP contribution in [0.1, 0.15) is 12.5 Å². The van der Waals surface area contributed by atoms with E-state index >= 15 is 0 Å². The molecule has 106 valence electrons. The fourth-order valence-electron chi connectivity index (χ4n) is 2.06. The molecule has 2 aromatic rings. The molecule has 2 rings (SSSR count). The van der Waals surface area contributed by atoms with Crippen LogP contribution in [-0.2, 0) is 10.0 Å². The second-order valence-electron chi connectivity index (χ2n) is 4.37. The van der Waals surface area contributed by atoms with E-state index in [1.807, 2.05) is 6.92 Å². The van der Waals surface area contributed by atoms with Gasteiger partial charge in [-0.2, -0.15) is 0 Å². The summed E-state index contributed by atoms with van der Waals surface area (Å²) in [6.07, 6.45) is 0. The van der Waals surface area contributed by atoms with Gasteiger partial charge in [-0.3, -0.25) is 4.31 Å². The smallest absolute Gasteiger partial charge is 0.264 e. The normalized spacial score (nSPS) is 11.3. The molecule has 0 bridgehead atoms. The zero-order chi connectivity index (χ0) is 14.8. The molecule has 0 aliphatic rings.